The molecule has 0 unspecified atom stereocenters. The van der Waals surface area contributed by atoms with E-state index in [1.54, 1.807) is 18.4 Å². The van der Waals surface area contributed by atoms with Crippen molar-refractivity contribution in [1.82, 2.24) is 4.98 Å². The molecule has 1 aromatic carbocycles. The lowest BCUT2D eigenvalue weighted by Gasteiger charge is -2.26. The SMILES string of the molecule is COc1ccc([C@@H]2CC(=O)Nc3nc(N4CCOCC4)sc32)cc1OC(C)C. The van der Waals surface area contributed by atoms with Crippen LogP contribution in [0.3, 0.4) is 0 Å². The number of thiazole rings is 1. The number of ether oxygens (including phenoxy) is 3. The zero-order chi connectivity index (χ0) is 19.7. The second-order valence-electron chi connectivity index (χ2n) is 7.19. The number of carbonyl (C=O) groups excluding carboxylic acids is 1. The van der Waals surface area contributed by atoms with Gasteiger partial charge in [-0.15, -0.1) is 0 Å². The third kappa shape index (κ3) is 3.79. The van der Waals surface area contributed by atoms with Crippen molar-refractivity contribution in [2.75, 3.05) is 43.6 Å². The van der Waals surface area contributed by atoms with Crippen molar-refractivity contribution >= 4 is 28.2 Å². The first kappa shape index (κ1) is 19.0. The van der Waals surface area contributed by atoms with Crippen LogP contribution in [-0.4, -0.2) is 50.4 Å². The van der Waals surface area contributed by atoms with Gasteiger partial charge in [-0.25, -0.2) is 4.98 Å². The summed E-state index contributed by atoms with van der Waals surface area (Å²) in [5.41, 5.74) is 1.03. The third-order valence-electron chi connectivity index (χ3n) is 4.84. The minimum Gasteiger partial charge on any atom is -0.493 e. The maximum Gasteiger partial charge on any atom is 0.226 e. The second kappa shape index (κ2) is 7.97. The van der Waals surface area contributed by atoms with Crippen molar-refractivity contribution in [2.24, 2.45) is 0 Å². The summed E-state index contributed by atoms with van der Waals surface area (Å²) < 4.78 is 16.8. The molecule has 3 heterocycles. The molecule has 0 saturated carbocycles. The van der Waals surface area contributed by atoms with Gasteiger partial charge >= 0.3 is 0 Å². The van der Waals surface area contributed by atoms with Crippen LogP contribution in [0.5, 0.6) is 11.5 Å². The Morgan fingerprint density at radius 3 is 2.79 bits per heavy atom. The van der Waals surface area contributed by atoms with E-state index in [2.05, 4.69) is 10.2 Å². The van der Waals surface area contributed by atoms with Gasteiger partial charge in [0.15, 0.2) is 16.6 Å². The average Bonchev–Trinajstić information content (AvgIpc) is 3.11. The minimum atomic E-state index is -0.0449. The van der Waals surface area contributed by atoms with Gasteiger partial charge in [0.1, 0.15) is 5.82 Å². The summed E-state index contributed by atoms with van der Waals surface area (Å²) in [6.07, 6.45) is 0.427. The zero-order valence-electron chi connectivity index (χ0n) is 16.4. The van der Waals surface area contributed by atoms with Crippen molar-refractivity contribution in [1.29, 1.82) is 0 Å². The average molecular weight is 404 g/mol. The molecule has 7 nitrogen and oxygen atoms in total. The molecule has 0 radical (unpaired) electrons. The van der Waals surface area contributed by atoms with E-state index in [-0.39, 0.29) is 17.9 Å². The van der Waals surface area contributed by atoms with Crippen LogP contribution in [-0.2, 0) is 9.53 Å². The predicted octanol–water partition coefficient (Wildman–Crippen LogP) is 3.25. The van der Waals surface area contributed by atoms with Crippen molar-refractivity contribution in [3.8, 4) is 11.5 Å². The molecular weight excluding hydrogens is 378 g/mol. The first-order valence-electron chi connectivity index (χ1n) is 9.53. The number of rotatable bonds is 5. The number of nitrogens with one attached hydrogen (secondary N) is 1. The highest BCUT2D eigenvalue weighted by Gasteiger charge is 2.32. The Bertz CT molecular complexity index is 861. The molecule has 0 spiro atoms. The number of hydrogen-bond acceptors (Lipinski definition) is 7. The number of morpholine rings is 1. The highest BCUT2D eigenvalue weighted by atomic mass is 32.1. The lowest BCUT2D eigenvalue weighted by Crippen LogP contribution is -2.36. The Kier molecular flexibility index (Phi) is 5.41. The molecule has 150 valence electrons. The molecule has 1 amide bonds. The van der Waals surface area contributed by atoms with Crippen LogP contribution in [0.4, 0.5) is 10.9 Å². The summed E-state index contributed by atoms with van der Waals surface area (Å²) in [5.74, 6) is 2.00. The van der Waals surface area contributed by atoms with Crippen LogP contribution >= 0.6 is 11.3 Å². The smallest absolute Gasteiger partial charge is 0.226 e. The number of methoxy groups -OCH3 is 1. The van der Waals surface area contributed by atoms with Gasteiger partial charge in [0.2, 0.25) is 5.91 Å². The number of aromatic nitrogens is 1. The molecule has 0 aliphatic carbocycles. The van der Waals surface area contributed by atoms with E-state index >= 15 is 0 Å². The maximum absolute atomic E-state index is 12.3. The standard InChI is InChI=1S/C20H25N3O4S/c1-12(2)27-16-10-13(4-5-15(16)25-3)14-11-17(24)21-19-18(14)28-20(22-19)23-6-8-26-9-7-23/h4-5,10,12,14H,6-9,11H2,1-3H3,(H,21,24)/t14-/m0/s1. The van der Waals surface area contributed by atoms with Crippen molar-refractivity contribution < 1.29 is 19.0 Å². The number of fused-ring (bicyclic) bond motifs is 1. The minimum absolute atomic E-state index is 0.0153. The third-order valence-corrected chi connectivity index (χ3v) is 6.07. The van der Waals surface area contributed by atoms with Crippen molar-refractivity contribution in [3.05, 3.63) is 28.6 Å². The zero-order valence-corrected chi connectivity index (χ0v) is 17.2. The highest BCUT2D eigenvalue weighted by molar-refractivity contribution is 7.16. The van der Waals surface area contributed by atoms with Gasteiger partial charge in [0, 0.05) is 25.4 Å². The summed E-state index contributed by atoms with van der Waals surface area (Å²) >= 11 is 1.65. The van der Waals surface area contributed by atoms with E-state index in [4.69, 9.17) is 19.2 Å². The topological polar surface area (TPSA) is 72.9 Å². The summed E-state index contributed by atoms with van der Waals surface area (Å²) in [6, 6.07) is 5.90. The van der Waals surface area contributed by atoms with Crippen molar-refractivity contribution in [2.45, 2.75) is 32.3 Å². The van der Waals surface area contributed by atoms with Gasteiger partial charge in [-0.1, -0.05) is 17.4 Å². The first-order chi connectivity index (χ1) is 13.5. The molecular formula is C20H25N3O4S. The van der Waals surface area contributed by atoms with Gasteiger partial charge in [-0.3, -0.25) is 4.79 Å². The summed E-state index contributed by atoms with van der Waals surface area (Å²) in [7, 11) is 1.63. The quantitative estimate of drug-likeness (QED) is 0.826. The van der Waals surface area contributed by atoms with Crippen molar-refractivity contribution in [3.63, 3.8) is 0 Å². The van der Waals surface area contributed by atoms with E-state index in [9.17, 15) is 4.79 Å². The Balaban J connectivity index is 1.69. The molecule has 8 heteroatoms. The maximum atomic E-state index is 12.3. The van der Waals surface area contributed by atoms with Crippen LogP contribution in [0, 0.1) is 0 Å². The molecule has 0 bridgehead atoms. The van der Waals surface area contributed by atoms with E-state index < -0.39 is 0 Å². The fourth-order valence-corrected chi connectivity index (χ4v) is 4.72. The number of anilines is 2. The Hall–Kier alpha value is -2.32. The van der Waals surface area contributed by atoms with Gasteiger partial charge in [-0.05, 0) is 31.5 Å². The molecule has 1 saturated heterocycles. The predicted molar refractivity (Wildman–Crippen MR) is 109 cm³/mol. The number of amides is 1. The first-order valence-corrected chi connectivity index (χ1v) is 10.3. The Labute approximate surface area is 168 Å². The molecule has 2 aliphatic rings. The number of carbonyl (C=O) groups is 1. The molecule has 1 atom stereocenters. The number of hydrogen-bond donors (Lipinski definition) is 1. The summed E-state index contributed by atoms with van der Waals surface area (Å²) in [6.45, 7) is 7.01. The van der Waals surface area contributed by atoms with E-state index in [1.165, 1.54) is 0 Å². The largest absolute Gasteiger partial charge is 0.493 e. The van der Waals surface area contributed by atoms with Gasteiger partial charge < -0.3 is 24.4 Å². The van der Waals surface area contributed by atoms with Crippen LogP contribution < -0.4 is 19.7 Å². The summed E-state index contributed by atoms with van der Waals surface area (Å²) in [4.78, 5) is 20.4. The lowest BCUT2D eigenvalue weighted by molar-refractivity contribution is -0.116. The van der Waals surface area contributed by atoms with E-state index in [0.717, 1.165) is 28.7 Å². The molecule has 4 rings (SSSR count). The number of nitrogens with zero attached hydrogens (tertiary/aromatic N) is 2. The molecule has 28 heavy (non-hydrogen) atoms. The van der Waals surface area contributed by atoms with Crippen LogP contribution in [0.15, 0.2) is 18.2 Å². The molecule has 1 N–H and O–H groups in total. The molecule has 1 fully saturated rings. The molecule has 2 aliphatic heterocycles. The summed E-state index contributed by atoms with van der Waals surface area (Å²) in [5, 5.41) is 3.87. The molecule has 2 aromatic rings. The fourth-order valence-electron chi connectivity index (χ4n) is 3.52. The van der Waals surface area contributed by atoms with Gasteiger partial charge in [-0.2, -0.15) is 0 Å². The molecule has 1 aromatic heterocycles. The fraction of sp³-hybridized carbons (Fsp3) is 0.500. The lowest BCUT2D eigenvalue weighted by atomic mass is 9.91. The van der Waals surface area contributed by atoms with Crippen LogP contribution in [0.25, 0.3) is 0 Å². The van der Waals surface area contributed by atoms with E-state index in [0.29, 0.717) is 37.0 Å². The van der Waals surface area contributed by atoms with E-state index in [1.807, 2.05) is 32.0 Å². The monoisotopic (exact) mass is 403 g/mol. The normalized spacial score (nSPS) is 19.4. The van der Waals surface area contributed by atoms with Crippen LogP contribution in [0.1, 0.15) is 36.6 Å². The number of benzene rings is 1. The Morgan fingerprint density at radius 2 is 2.07 bits per heavy atom. The van der Waals surface area contributed by atoms with Crippen LogP contribution in [0.2, 0.25) is 0 Å². The second-order valence-corrected chi connectivity index (χ2v) is 8.20. The highest BCUT2D eigenvalue weighted by Crippen LogP contribution is 2.45. The van der Waals surface area contributed by atoms with Gasteiger partial charge in [0.25, 0.3) is 0 Å². The van der Waals surface area contributed by atoms with Gasteiger partial charge in [0.05, 0.1) is 31.3 Å². The Morgan fingerprint density at radius 1 is 1.29 bits per heavy atom.